The Kier molecular flexibility index (Phi) is 5.80. The molecule has 1 aromatic carbocycles. The Balaban J connectivity index is 2.03. The van der Waals surface area contributed by atoms with E-state index in [0.29, 0.717) is 11.8 Å². The van der Waals surface area contributed by atoms with E-state index in [4.69, 9.17) is 4.74 Å². The summed E-state index contributed by atoms with van der Waals surface area (Å²) >= 11 is 0. The molecule has 0 bridgehead atoms. The van der Waals surface area contributed by atoms with E-state index in [0.717, 1.165) is 18.4 Å². The number of aryl methyl sites for hydroxylation is 1. The van der Waals surface area contributed by atoms with Crippen LogP contribution in [0.25, 0.3) is 0 Å². The molecule has 0 radical (unpaired) electrons. The van der Waals surface area contributed by atoms with Gasteiger partial charge in [-0.1, -0.05) is 32.8 Å². The molecule has 1 amide bonds. The van der Waals surface area contributed by atoms with Gasteiger partial charge in [-0.25, -0.2) is 0 Å². The van der Waals surface area contributed by atoms with Crippen LogP contribution >= 0.6 is 0 Å². The molecule has 0 aliphatic heterocycles. The minimum atomic E-state index is -0.782. The number of nitrogens with one attached hydrogen (secondary N) is 1. The molecule has 24 heavy (non-hydrogen) atoms. The highest BCUT2D eigenvalue weighted by molar-refractivity contribution is 5.81. The number of rotatable bonds is 5. The number of benzene rings is 1. The van der Waals surface area contributed by atoms with Gasteiger partial charge in [0.05, 0.1) is 4.92 Å². The normalized spacial score (nSPS) is 24.9. The molecule has 6 nitrogen and oxygen atoms in total. The molecule has 1 aliphatic carbocycles. The van der Waals surface area contributed by atoms with Crippen LogP contribution in [-0.2, 0) is 4.79 Å². The average Bonchev–Trinajstić information content (AvgIpc) is 2.53. The molecule has 1 aliphatic rings. The van der Waals surface area contributed by atoms with Crippen LogP contribution in [0.1, 0.15) is 45.6 Å². The SMILES string of the molecule is Cc1ccc(O[C@@H](C)C(=O)N[C@H]2CCC[C@H](C)[C@@H]2C)c([N+](=O)[O-])c1. The van der Waals surface area contributed by atoms with Gasteiger partial charge in [-0.3, -0.25) is 14.9 Å². The summed E-state index contributed by atoms with van der Waals surface area (Å²) in [6.45, 7) is 7.76. The molecule has 1 fully saturated rings. The van der Waals surface area contributed by atoms with Crippen molar-refractivity contribution in [1.82, 2.24) is 5.32 Å². The van der Waals surface area contributed by atoms with Crippen LogP contribution in [-0.4, -0.2) is 23.0 Å². The van der Waals surface area contributed by atoms with Crippen molar-refractivity contribution in [1.29, 1.82) is 0 Å². The van der Waals surface area contributed by atoms with Gasteiger partial charge in [-0.2, -0.15) is 0 Å². The van der Waals surface area contributed by atoms with Crippen LogP contribution in [0.5, 0.6) is 5.75 Å². The third-order valence-electron chi connectivity index (χ3n) is 5.02. The van der Waals surface area contributed by atoms with E-state index in [1.165, 1.54) is 12.5 Å². The van der Waals surface area contributed by atoms with E-state index in [1.807, 2.05) is 0 Å². The van der Waals surface area contributed by atoms with Gasteiger partial charge < -0.3 is 10.1 Å². The maximum Gasteiger partial charge on any atom is 0.311 e. The van der Waals surface area contributed by atoms with Gasteiger partial charge in [0.15, 0.2) is 11.9 Å². The third kappa shape index (κ3) is 4.24. The zero-order valence-corrected chi connectivity index (χ0v) is 14.7. The smallest absolute Gasteiger partial charge is 0.311 e. The molecule has 2 rings (SSSR count). The maximum atomic E-state index is 12.4. The van der Waals surface area contributed by atoms with Crippen LogP contribution < -0.4 is 10.1 Å². The second-order valence-electron chi connectivity index (χ2n) is 6.87. The summed E-state index contributed by atoms with van der Waals surface area (Å²) in [5.74, 6) is 0.899. The second-order valence-corrected chi connectivity index (χ2v) is 6.87. The number of hydrogen-bond acceptors (Lipinski definition) is 4. The molecule has 4 atom stereocenters. The van der Waals surface area contributed by atoms with Gasteiger partial charge in [0.1, 0.15) is 0 Å². The van der Waals surface area contributed by atoms with Gasteiger partial charge in [0.25, 0.3) is 5.91 Å². The summed E-state index contributed by atoms with van der Waals surface area (Å²) in [6, 6.07) is 4.87. The van der Waals surface area contributed by atoms with Crippen molar-refractivity contribution in [2.75, 3.05) is 0 Å². The molecule has 0 spiro atoms. The fourth-order valence-corrected chi connectivity index (χ4v) is 3.20. The Morgan fingerprint density at radius 3 is 2.75 bits per heavy atom. The van der Waals surface area contributed by atoms with E-state index in [2.05, 4.69) is 19.2 Å². The Morgan fingerprint density at radius 2 is 2.08 bits per heavy atom. The topological polar surface area (TPSA) is 81.5 Å². The Morgan fingerprint density at radius 1 is 1.38 bits per heavy atom. The number of amides is 1. The summed E-state index contributed by atoms with van der Waals surface area (Å²) in [7, 11) is 0. The summed E-state index contributed by atoms with van der Waals surface area (Å²) < 4.78 is 5.57. The fourth-order valence-electron chi connectivity index (χ4n) is 3.20. The lowest BCUT2D eigenvalue weighted by atomic mass is 9.78. The lowest BCUT2D eigenvalue weighted by Crippen LogP contribution is -2.48. The summed E-state index contributed by atoms with van der Waals surface area (Å²) in [5, 5.41) is 14.2. The van der Waals surface area contributed by atoms with Crippen molar-refractivity contribution < 1.29 is 14.5 Å². The van der Waals surface area contributed by atoms with Crippen LogP contribution in [0.3, 0.4) is 0 Å². The molecule has 0 saturated heterocycles. The molecular weight excluding hydrogens is 308 g/mol. The first kappa shape index (κ1) is 18.2. The largest absolute Gasteiger partial charge is 0.474 e. The highest BCUT2D eigenvalue weighted by atomic mass is 16.6. The molecule has 6 heteroatoms. The van der Waals surface area contributed by atoms with Crippen molar-refractivity contribution in [3.05, 3.63) is 33.9 Å². The zero-order chi connectivity index (χ0) is 17.9. The van der Waals surface area contributed by atoms with Gasteiger partial charge in [0.2, 0.25) is 0 Å². The Bertz CT molecular complexity index is 617. The van der Waals surface area contributed by atoms with E-state index in [9.17, 15) is 14.9 Å². The van der Waals surface area contributed by atoms with Crippen molar-refractivity contribution in [3.63, 3.8) is 0 Å². The number of hydrogen-bond donors (Lipinski definition) is 1. The first-order valence-electron chi connectivity index (χ1n) is 8.51. The van der Waals surface area contributed by atoms with Gasteiger partial charge in [-0.15, -0.1) is 0 Å². The predicted octanol–water partition coefficient (Wildman–Crippen LogP) is 3.61. The highest BCUT2D eigenvalue weighted by Gasteiger charge is 2.30. The number of nitro groups is 1. The molecule has 1 saturated carbocycles. The van der Waals surface area contributed by atoms with E-state index < -0.39 is 11.0 Å². The second kappa shape index (κ2) is 7.64. The van der Waals surface area contributed by atoms with Gasteiger partial charge in [0, 0.05) is 12.1 Å². The minimum Gasteiger partial charge on any atom is -0.474 e. The molecule has 0 heterocycles. The lowest BCUT2D eigenvalue weighted by molar-refractivity contribution is -0.386. The molecule has 0 unspecified atom stereocenters. The molecule has 132 valence electrons. The minimum absolute atomic E-state index is 0.116. The number of nitrogens with zero attached hydrogens (tertiary/aromatic N) is 1. The maximum absolute atomic E-state index is 12.4. The van der Waals surface area contributed by atoms with Crippen molar-refractivity contribution in [2.45, 2.75) is 59.1 Å². The zero-order valence-electron chi connectivity index (χ0n) is 14.7. The molecule has 1 aromatic rings. The standard InChI is InChI=1S/C18H26N2O4/c1-11-8-9-17(16(10-11)20(22)23)24-14(4)18(21)19-15-7-5-6-12(2)13(15)3/h8-10,12-15H,5-7H2,1-4H3,(H,19,21)/t12-,13-,14-,15-/m0/s1. The Labute approximate surface area is 142 Å². The predicted molar refractivity (Wildman–Crippen MR) is 92.0 cm³/mol. The lowest BCUT2D eigenvalue weighted by Gasteiger charge is -2.35. The van der Waals surface area contributed by atoms with Gasteiger partial charge in [-0.05, 0) is 43.7 Å². The number of carbonyl (C=O) groups is 1. The average molecular weight is 334 g/mol. The summed E-state index contributed by atoms with van der Waals surface area (Å²) in [5.41, 5.74) is 0.658. The summed E-state index contributed by atoms with van der Waals surface area (Å²) in [6.07, 6.45) is 2.48. The van der Waals surface area contributed by atoms with E-state index >= 15 is 0 Å². The summed E-state index contributed by atoms with van der Waals surface area (Å²) in [4.78, 5) is 23.1. The van der Waals surface area contributed by atoms with Crippen LogP contribution in [0.4, 0.5) is 5.69 Å². The number of carbonyl (C=O) groups excluding carboxylic acids is 1. The fraction of sp³-hybridized carbons (Fsp3) is 0.611. The monoisotopic (exact) mass is 334 g/mol. The van der Waals surface area contributed by atoms with E-state index in [1.54, 1.807) is 26.0 Å². The van der Waals surface area contributed by atoms with Crippen molar-refractivity contribution >= 4 is 11.6 Å². The van der Waals surface area contributed by atoms with Crippen LogP contribution in [0, 0.1) is 28.9 Å². The van der Waals surface area contributed by atoms with Crippen molar-refractivity contribution in [3.8, 4) is 5.75 Å². The molecular formula is C18H26N2O4. The first-order valence-corrected chi connectivity index (χ1v) is 8.51. The Hall–Kier alpha value is -2.11. The van der Waals surface area contributed by atoms with Crippen molar-refractivity contribution in [2.24, 2.45) is 11.8 Å². The third-order valence-corrected chi connectivity index (χ3v) is 5.02. The van der Waals surface area contributed by atoms with E-state index in [-0.39, 0.29) is 23.4 Å². The van der Waals surface area contributed by atoms with Gasteiger partial charge >= 0.3 is 5.69 Å². The quantitative estimate of drug-likeness (QED) is 0.659. The molecule has 0 aromatic heterocycles. The first-order chi connectivity index (χ1) is 11.3. The number of nitro benzene ring substituents is 1. The molecule has 1 N–H and O–H groups in total. The highest BCUT2D eigenvalue weighted by Crippen LogP contribution is 2.30. The van der Waals surface area contributed by atoms with Crippen LogP contribution in [0.2, 0.25) is 0 Å². The van der Waals surface area contributed by atoms with Crippen LogP contribution in [0.15, 0.2) is 18.2 Å². The number of ether oxygens (including phenoxy) is 1.